The summed E-state index contributed by atoms with van der Waals surface area (Å²) in [5.41, 5.74) is 1.44. The topological polar surface area (TPSA) is 0 Å². The minimum Gasteiger partial charge on any atom is -0.0620 e. The van der Waals surface area contributed by atoms with Gasteiger partial charge in [0.25, 0.3) is 0 Å². The molecule has 0 aromatic heterocycles. The van der Waals surface area contributed by atoms with Crippen LogP contribution in [-0.2, 0) is 0 Å². The van der Waals surface area contributed by atoms with Gasteiger partial charge in [0.15, 0.2) is 0 Å². The molecule has 0 unspecified atom stereocenters. The second-order valence-electron chi connectivity index (χ2n) is 9.43. The fourth-order valence-corrected chi connectivity index (χ4v) is 7.56. The Morgan fingerprint density at radius 3 is 2.35 bits per heavy atom. The van der Waals surface area contributed by atoms with Gasteiger partial charge in [-0.1, -0.05) is 33.6 Å². The molecule has 0 heterocycles. The number of hydrogen-bond donors (Lipinski definition) is 0. The molecule has 0 aromatic carbocycles. The highest BCUT2D eigenvalue weighted by Gasteiger charge is 2.58. The second kappa shape index (κ2) is 4.50. The van der Waals surface area contributed by atoms with Crippen LogP contribution < -0.4 is 0 Å². The summed E-state index contributed by atoms with van der Waals surface area (Å²) in [6.45, 7) is 7.91. The zero-order valence-corrected chi connectivity index (χ0v) is 14.0. The molecule has 4 saturated carbocycles. The van der Waals surface area contributed by atoms with Crippen molar-refractivity contribution in [3.8, 4) is 0 Å². The van der Waals surface area contributed by atoms with Gasteiger partial charge in [0, 0.05) is 0 Å². The fraction of sp³-hybridized carbons (Fsp3) is 1.00. The lowest BCUT2D eigenvalue weighted by Gasteiger charge is -2.60. The van der Waals surface area contributed by atoms with E-state index >= 15 is 0 Å². The molecule has 0 N–H and O–H groups in total. The molecule has 20 heavy (non-hydrogen) atoms. The van der Waals surface area contributed by atoms with Crippen LogP contribution in [0.4, 0.5) is 0 Å². The molecule has 0 aromatic rings. The van der Waals surface area contributed by atoms with Crippen molar-refractivity contribution in [2.75, 3.05) is 0 Å². The fourth-order valence-electron chi connectivity index (χ4n) is 7.56. The predicted octanol–water partition coefficient (Wildman–Crippen LogP) is 6.06. The van der Waals surface area contributed by atoms with Crippen LogP contribution >= 0.6 is 0 Å². The highest BCUT2D eigenvalue weighted by molar-refractivity contribution is 5.07. The molecular weight excluding hydrogens is 240 g/mol. The van der Waals surface area contributed by atoms with Crippen LogP contribution in [-0.4, -0.2) is 0 Å². The second-order valence-corrected chi connectivity index (χ2v) is 9.43. The Morgan fingerprint density at radius 2 is 1.50 bits per heavy atom. The first-order chi connectivity index (χ1) is 9.56. The average molecular weight is 274 g/mol. The van der Waals surface area contributed by atoms with Gasteiger partial charge in [0.2, 0.25) is 0 Å². The summed E-state index contributed by atoms with van der Waals surface area (Å²) in [7, 11) is 0. The van der Waals surface area contributed by atoms with Gasteiger partial charge in [0.1, 0.15) is 0 Å². The molecule has 0 saturated heterocycles. The number of rotatable bonds is 0. The van der Waals surface area contributed by atoms with Crippen LogP contribution in [0.5, 0.6) is 0 Å². The van der Waals surface area contributed by atoms with Gasteiger partial charge >= 0.3 is 0 Å². The zero-order valence-electron chi connectivity index (χ0n) is 14.0. The normalized spacial score (nSPS) is 58.6. The molecule has 0 bridgehead atoms. The van der Waals surface area contributed by atoms with E-state index in [1.54, 1.807) is 44.9 Å². The third kappa shape index (κ3) is 1.66. The Morgan fingerprint density at radius 1 is 0.700 bits per heavy atom. The first-order valence-corrected chi connectivity index (χ1v) is 9.56. The quantitative estimate of drug-likeness (QED) is 0.504. The van der Waals surface area contributed by atoms with Crippen molar-refractivity contribution in [1.29, 1.82) is 0 Å². The van der Waals surface area contributed by atoms with Crippen LogP contribution in [0.2, 0.25) is 0 Å². The van der Waals surface area contributed by atoms with Crippen LogP contribution in [0.25, 0.3) is 0 Å². The van der Waals surface area contributed by atoms with E-state index in [1.807, 2.05) is 0 Å². The molecule has 4 rings (SSSR count). The predicted molar refractivity (Wildman–Crippen MR) is 85.5 cm³/mol. The molecule has 0 aliphatic heterocycles. The first kappa shape index (κ1) is 13.6. The van der Waals surface area contributed by atoms with Gasteiger partial charge < -0.3 is 0 Å². The molecule has 0 heteroatoms. The lowest BCUT2D eigenvalue weighted by Crippen LogP contribution is -2.52. The van der Waals surface area contributed by atoms with E-state index in [9.17, 15) is 0 Å². The minimum absolute atomic E-state index is 0.707. The molecule has 0 spiro atoms. The van der Waals surface area contributed by atoms with E-state index in [2.05, 4.69) is 20.8 Å². The third-order valence-electron chi connectivity index (χ3n) is 9.06. The summed E-state index contributed by atoms with van der Waals surface area (Å²) in [6, 6.07) is 0. The average Bonchev–Trinajstić information content (AvgIpc) is 2.74. The molecule has 0 amide bonds. The summed E-state index contributed by atoms with van der Waals surface area (Å²) in [5.74, 6) is 5.34. The lowest BCUT2D eigenvalue weighted by molar-refractivity contribution is -0.109. The molecule has 0 nitrogen and oxygen atoms in total. The standard InChI is InChI=1S/C20H34/c1-14-7-10-17-16-9-8-15-6-4-5-12-20(15,3)18(16)11-13-19(14,17)2/h14-18H,4-13H2,1-3H3/t14-,15+,16+,17+,18+,19-,20+/m1/s1. The van der Waals surface area contributed by atoms with Crippen LogP contribution in [0.3, 0.4) is 0 Å². The Balaban J connectivity index is 1.64. The third-order valence-corrected chi connectivity index (χ3v) is 9.06. The van der Waals surface area contributed by atoms with Gasteiger partial charge in [-0.25, -0.2) is 0 Å². The van der Waals surface area contributed by atoms with Crippen LogP contribution in [0.1, 0.15) is 85.0 Å². The molecule has 4 aliphatic rings. The summed E-state index contributed by atoms with van der Waals surface area (Å²) >= 11 is 0. The van der Waals surface area contributed by atoms with E-state index in [0.29, 0.717) is 5.41 Å². The molecular formula is C20H34. The van der Waals surface area contributed by atoms with Crippen molar-refractivity contribution in [2.24, 2.45) is 40.4 Å². The zero-order chi connectivity index (χ0) is 14.0. The maximum atomic E-state index is 2.70. The highest BCUT2D eigenvalue weighted by Crippen LogP contribution is 2.67. The van der Waals surface area contributed by atoms with Crippen molar-refractivity contribution in [3.05, 3.63) is 0 Å². The van der Waals surface area contributed by atoms with E-state index < -0.39 is 0 Å². The molecule has 7 atom stereocenters. The maximum absolute atomic E-state index is 2.70. The van der Waals surface area contributed by atoms with Crippen LogP contribution in [0, 0.1) is 40.4 Å². The molecule has 4 fully saturated rings. The van der Waals surface area contributed by atoms with Gasteiger partial charge in [-0.05, 0) is 91.8 Å². The Labute approximate surface area is 126 Å². The minimum atomic E-state index is 0.707. The van der Waals surface area contributed by atoms with Crippen molar-refractivity contribution < 1.29 is 0 Å². The van der Waals surface area contributed by atoms with Crippen molar-refractivity contribution in [2.45, 2.75) is 85.0 Å². The number of hydrogen-bond acceptors (Lipinski definition) is 0. The van der Waals surface area contributed by atoms with Gasteiger partial charge in [-0.3, -0.25) is 0 Å². The van der Waals surface area contributed by atoms with Crippen molar-refractivity contribution in [3.63, 3.8) is 0 Å². The summed E-state index contributed by atoms with van der Waals surface area (Å²) in [4.78, 5) is 0. The largest absolute Gasteiger partial charge is 0.0620 e. The molecule has 114 valence electrons. The van der Waals surface area contributed by atoms with Gasteiger partial charge in [-0.2, -0.15) is 0 Å². The Bertz CT molecular complexity index is 385. The van der Waals surface area contributed by atoms with Gasteiger partial charge in [-0.15, -0.1) is 0 Å². The first-order valence-electron chi connectivity index (χ1n) is 9.56. The Hall–Kier alpha value is 0. The molecule has 4 aliphatic carbocycles. The maximum Gasteiger partial charge on any atom is -0.0266 e. The Kier molecular flexibility index (Phi) is 3.07. The van der Waals surface area contributed by atoms with Gasteiger partial charge in [0.05, 0.1) is 0 Å². The van der Waals surface area contributed by atoms with Crippen molar-refractivity contribution in [1.82, 2.24) is 0 Å². The SMILES string of the molecule is C[C@@H]1CC[C@H]2[C@@H]3CC[C@@H]4CCCC[C@]4(C)[C@H]3CC[C@]12C. The monoisotopic (exact) mass is 274 g/mol. The lowest BCUT2D eigenvalue weighted by atomic mass is 9.45. The van der Waals surface area contributed by atoms with E-state index in [4.69, 9.17) is 0 Å². The smallest absolute Gasteiger partial charge is 0.0266 e. The highest BCUT2D eigenvalue weighted by atomic mass is 14.6. The van der Waals surface area contributed by atoms with E-state index in [-0.39, 0.29) is 0 Å². The van der Waals surface area contributed by atoms with Crippen LogP contribution in [0.15, 0.2) is 0 Å². The molecule has 0 radical (unpaired) electrons. The van der Waals surface area contributed by atoms with Crippen molar-refractivity contribution >= 4 is 0 Å². The summed E-state index contributed by atoms with van der Waals surface area (Å²) in [5, 5.41) is 0. The summed E-state index contributed by atoms with van der Waals surface area (Å²) in [6.07, 6.45) is 15.5. The van der Waals surface area contributed by atoms with E-state index in [1.165, 1.54) is 19.3 Å². The van der Waals surface area contributed by atoms with E-state index in [0.717, 1.165) is 35.0 Å². The summed E-state index contributed by atoms with van der Waals surface area (Å²) < 4.78 is 0. The number of fused-ring (bicyclic) bond motifs is 5.